The molecule has 2 amide bonds. The van der Waals surface area contributed by atoms with Gasteiger partial charge in [-0.25, -0.2) is 9.37 Å². The van der Waals surface area contributed by atoms with Gasteiger partial charge in [0.1, 0.15) is 5.75 Å². The number of ether oxygens (including phenoxy) is 2. The number of rotatable bonds is 9. The fraction of sp³-hybridized carbons (Fsp3) is 0.481. The van der Waals surface area contributed by atoms with Gasteiger partial charge >= 0.3 is 0 Å². The highest BCUT2D eigenvalue weighted by Crippen LogP contribution is 2.37. The van der Waals surface area contributed by atoms with E-state index >= 15 is 4.39 Å². The average Bonchev–Trinajstić information content (AvgIpc) is 3.68. The summed E-state index contributed by atoms with van der Waals surface area (Å²) in [7, 11) is 3.14. The molecule has 2 fully saturated rings. The van der Waals surface area contributed by atoms with Gasteiger partial charge in [-0.3, -0.25) is 19.9 Å². The Labute approximate surface area is 240 Å². The zero-order chi connectivity index (χ0) is 28.4. The minimum atomic E-state index is -0.823. The van der Waals surface area contributed by atoms with Gasteiger partial charge < -0.3 is 14.4 Å². The van der Waals surface area contributed by atoms with Crippen molar-refractivity contribution in [3.05, 3.63) is 45.7 Å². The fourth-order valence-corrected chi connectivity index (χ4v) is 5.66. The largest absolute Gasteiger partial charge is 0.494 e. The first-order chi connectivity index (χ1) is 19.2. The average molecular weight is 589 g/mol. The van der Waals surface area contributed by atoms with Gasteiger partial charge in [0.05, 0.1) is 30.5 Å². The highest BCUT2D eigenvalue weighted by atomic mass is 35.5. The van der Waals surface area contributed by atoms with Crippen LogP contribution in [0.15, 0.2) is 18.5 Å². The third kappa shape index (κ3) is 6.24. The van der Waals surface area contributed by atoms with Gasteiger partial charge in [0.25, 0.3) is 11.8 Å². The smallest absolute Gasteiger partial charge is 0.284 e. The molecule has 40 heavy (non-hydrogen) atoms. The van der Waals surface area contributed by atoms with E-state index in [9.17, 15) is 9.59 Å². The van der Waals surface area contributed by atoms with Gasteiger partial charge in [-0.05, 0) is 57.4 Å². The Balaban J connectivity index is 1.27. The van der Waals surface area contributed by atoms with Crippen molar-refractivity contribution in [2.45, 2.75) is 57.6 Å². The van der Waals surface area contributed by atoms with Crippen molar-refractivity contribution in [3.63, 3.8) is 0 Å². The van der Waals surface area contributed by atoms with Crippen molar-refractivity contribution in [2.24, 2.45) is 5.92 Å². The van der Waals surface area contributed by atoms with Crippen LogP contribution in [0, 0.1) is 18.7 Å². The summed E-state index contributed by atoms with van der Waals surface area (Å²) in [6.45, 7) is 2.56. The summed E-state index contributed by atoms with van der Waals surface area (Å²) in [5.74, 6) is -0.838. The molecule has 0 aromatic carbocycles. The maximum absolute atomic E-state index is 15.1. The third-order valence-electron chi connectivity index (χ3n) is 7.32. The number of pyridine rings is 2. The molecule has 3 heterocycles. The van der Waals surface area contributed by atoms with E-state index in [4.69, 9.17) is 21.1 Å². The molecule has 10 nitrogen and oxygen atoms in total. The number of halogens is 2. The van der Waals surface area contributed by atoms with E-state index in [0.717, 1.165) is 49.5 Å². The predicted octanol–water partition coefficient (Wildman–Crippen LogP) is 5.17. The van der Waals surface area contributed by atoms with E-state index < -0.39 is 11.7 Å². The lowest BCUT2D eigenvalue weighted by atomic mass is 9.92. The predicted molar refractivity (Wildman–Crippen MR) is 148 cm³/mol. The van der Waals surface area contributed by atoms with Crippen LogP contribution >= 0.6 is 22.9 Å². The molecule has 5 rings (SSSR count). The number of aromatic nitrogens is 4. The third-order valence-corrected chi connectivity index (χ3v) is 8.41. The highest BCUT2D eigenvalue weighted by molar-refractivity contribution is 7.17. The van der Waals surface area contributed by atoms with E-state index in [1.165, 1.54) is 32.3 Å². The Morgan fingerprint density at radius 3 is 2.60 bits per heavy atom. The Bertz CT molecular complexity index is 1410. The Morgan fingerprint density at radius 1 is 1.15 bits per heavy atom. The Kier molecular flexibility index (Phi) is 8.57. The molecule has 1 N–H and O–H groups in total. The number of anilines is 1. The SMILES string of the molecule is COc1cnc(Cl)c(F)c1-c1cc(C)ncc1C(=O)Nc1nnc(C(=O)N(C)C2CCC(OCC3CC3)CC2)s1. The summed E-state index contributed by atoms with van der Waals surface area (Å²) >= 11 is 6.90. The Hall–Kier alpha value is -3.22. The van der Waals surface area contributed by atoms with E-state index in [1.807, 2.05) is 0 Å². The maximum Gasteiger partial charge on any atom is 0.284 e. The fourth-order valence-electron chi connectivity index (χ4n) is 4.80. The molecule has 0 saturated heterocycles. The van der Waals surface area contributed by atoms with Gasteiger partial charge in [-0.15, -0.1) is 10.2 Å². The second kappa shape index (κ2) is 12.1. The molecule has 0 spiro atoms. The molecular weight excluding hydrogens is 559 g/mol. The van der Waals surface area contributed by atoms with Crippen LogP contribution in [0.1, 0.15) is 64.4 Å². The molecule has 0 unspecified atom stereocenters. The quantitative estimate of drug-likeness (QED) is 0.340. The number of aryl methyl sites for hydroxylation is 1. The van der Waals surface area contributed by atoms with Gasteiger partial charge in [-0.1, -0.05) is 22.9 Å². The summed E-state index contributed by atoms with van der Waals surface area (Å²) in [4.78, 5) is 36.1. The van der Waals surface area contributed by atoms with E-state index in [-0.39, 0.29) is 55.8 Å². The van der Waals surface area contributed by atoms with Crippen molar-refractivity contribution in [3.8, 4) is 16.9 Å². The molecule has 13 heteroatoms. The van der Waals surface area contributed by atoms with Crippen LogP contribution in [0.25, 0.3) is 11.1 Å². The lowest BCUT2D eigenvalue weighted by molar-refractivity contribution is 0.00590. The number of methoxy groups -OCH3 is 1. The summed E-state index contributed by atoms with van der Waals surface area (Å²) in [5.41, 5.74) is 0.823. The van der Waals surface area contributed by atoms with Crippen LogP contribution in [0.3, 0.4) is 0 Å². The van der Waals surface area contributed by atoms with Crippen LogP contribution in [0.4, 0.5) is 9.52 Å². The molecule has 0 aliphatic heterocycles. The molecular formula is C27H30ClFN6O4S. The monoisotopic (exact) mass is 588 g/mol. The number of carbonyl (C=O) groups excluding carboxylic acids is 2. The minimum absolute atomic E-state index is 0.0134. The minimum Gasteiger partial charge on any atom is -0.494 e. The first kappa shape index (κ1) is 28.3. The van der Waals surface area contributed by atoms with E-state index in [0.29, 0.717) is 5.69 Å². The lowest BCUT2D eigenvalue weighted by Gasteiger charge is -2.34. The molecule has 0 radical (unpaired) electrons. The zero-order valence-electron chi connectivity index (χ0n) is 22.4. The van der Waals surface area contributed by atoms with Gasteiger partial charge in [0.2, 0.25) is 10.1 Å². The molecule has 2 aliphatic rings. The molecule has 2 saturated carbocycles. The lowest BCUT2D eigenvalue weighted by Crippen LogP contribution is -2.40. The summed E-state index contributed by atoms with van der Waals surface area (Å²) < 4.78 is 26.4. The molecule has 0 bridgehead atoms. The number of amides is 2. The second-order valence-electron chi connectivity index (χ2n) is 10.2. The highest BCUT2D eigenvalue weighted by Gasteiger charge is 2.31. The normalized spacial score (nSPS) is 18.8. The van der Waals surface area contributed by atoms with Crippen molar-refractivity contribution in [2.75, 3.05) is 26.1 Å². The molecule has 3 aromatic heterocycles. The second-order valence-corrected chi connectivity index (χ2v) is 11.5. The van der Waals surface area contributed by atoms with Crippen molar-refractivity contribution < 1.29 is 23.5 Å². The topological polar surface area (TPSA) is 119 Å². The summed E-state index contributed by atoms with van der Waals surface area (Å²) in [5, 5.41) is 10.6. The van der Waals surface area contributed by atoms with Gasteiger partial charge in [-0.2, -0.15) is 0 Å². The molecule has 0 atom stereocenters. The number of nitrogens with zero attached hydrogens (tertiary/aromatic N) is 5. The van der Waals surface area contributed by atoms with Crippen LogP contribution < -0.4 is 10.1 Å². The maximum atomic E-state index is 15.1. The van der Waals surface area contributed by atoms with E-state index in [1.54, 1.807) is 24.9 Å². The number of nitrogens with one attached hydrogen (secondary N) is 1. The van der Waals surface area contributed by atoms with Crippen molar-refractivity contribution in [1.82, 2.24) is 25.1 Å². The molecule has 2 aliphatic carbocycles. The zero-order valence-corrected chi connectivity index (χ0v) is 24.0. The van der Waals surface area contributed by atoms with Gasteiger partial charge in [0.15, 0.2) is 11.0 Å². The van der Waals surface area contributed by atoms with Crippen LogP contribution in [0.2, 0.25) is 5.15 Å². The standard InChI is InChI=1S/C27H30ClFN6O4S/c1-14-10-18(21-20(38-3)12-31-23(28)22(21)29)19(11-30-14)24(36)32-27-34-33-25(40-27)26(37)35(2)16-6-8-17(9-7-16)39-13-15-4-5-15/h10-12,15-17H,4-9,13H2,1-3H3,(H,32,34,36). The molecule has 3 aromatic rings. The molecule has 212 valence electrons. The number of carbonyl (C=O) groups is 2. The van der Waals surface area contributed by atoms with E-state index in [2.05, 4.69) is 25.5 Å². The number of hydrogen-bond donors (Lipinski definition) is 1. The van der Waals surface area contributed by atoms with Crippen LogP contribution in [-0.4, -0.2) is 69.8 Å². The van der Waals surface area contributed by atoms with Crippen molar-refractivity contribution in [1.29, 1.82) is 0 Å². The summed E-state index contributed by atoms with van der Waals surface area (Å²) in [6.07, 6.45) is 9.00. The van der Waals surface area contributed by atoms with Crippen LogP contribution in [-0.2, 0) is 4.74 Å². The van der Waals surface area contributed by atoms with Gasteiger partial charge in [0, 0.05) is 37.2 Å². The Morgan fingerprint density at radius 2 is 1.90 bits per heavy atom. The first-order valence-electron chi connectivity index (χ1n) is 13.1. The van der Waals surface area contributed by atoms with Crippen LogP contribution in [0.5, 0.6) is 5.75 Å². The first-order valence-corrected chi connectivity index (χ1v) is 14.3. The number of hydrogen-bond acceptors (Lipinski definition) is 9. The summed E-state index contributed by atoms with van der Waals surface area (Å²) in [6, 6.07) is 1.65. The van der Waals surface area contributed by atoms with Crippen molar-refractivity contribution >= 4 is 39.9 Å².